The molecule has 0 saturated carbocycles. The van der Waals surface area contributed by atoms with Crippen molar-refractivity contribution in [2.75, 3.05) is 17.2 Å². The van der Waals surface area contributed by atoms with Crippen LogP contribution in [0.4, 0.5) is 14.6 Å². The zero-order chi connectivity index (χ0) is 27.7. The first-order valence-electron chi connectivity index (χ1n) is 12.5. The number of nitrogens with one attached hydrogen (secondary N) is 1. The molecule has 1 aliphatic rings. The summed E-state index contributed by atoms with van der Waals surface area (Å²) in [5.41, 5.74) is 1.73. The van der Waals surface area contributed by atoms with E-state index in [0.29, 0.717) is 34.1 Å². The highest BCUT2D eigenvalue weighted by Crippen LogP contribution is 2.48. The Kier molecular flexibility index (Phi) is 7.31. The molecule has 0 aliphatic carbocycles. The van der Waals surface area contributed by atoms with E-state index in [4.69, 9.17) is 9.52 Å². The lowest BCUT2D eigenvalue weighted by molar-refractivity contribution is -0.123. The van der Waals surface area contributed by atoms with E-state index in [-0.39, 0.29) is 24.7 Å². The maximum absolute atomic E-state index is 15.2. The molecule has 1 aliphatic heterocycles. The molecule has 3 heterocycles. The van der Waals surface area contributed by atoms with Gasteiger partial charge >= 0.3 is 0 Å². The van der Waals surface area contributed by atoms with Crippen molar-refractivity contribution in [3.8, 4) is 5.69 Å². The molecule has 39 heavy (non-hydrogen) atoms. The van der Waals surface area contributed by atoms with Crippen molar-refractivity contribution in [2.45, 2.75) is 38.0 Å². The Labute approximate surface area is 229 Å². The zero-order valence-electron chi connectivity index (χ0n) is 21.8. The number of hydrogen-bond donors (Lipinski definition) is 1. The topological polar surface area (TPSA) is 80.4 Å². The van der Waals surface area contributed by atoms with Gasteiger partial charge in [0, 0.05) is 16.5 Å². The van der Waals surface area contributed by atoms with Crippen LogP contribution in [-0.2, 0) is 21.5 Å². The van der Waals surface area contributed by atoms with Crippen molar-refractivity contribution in [3.05, 3.63) is 101 Å². The predicted octanol–water partition coefficient (Wildman–Crippen LogP) is 5.53. The molecule has 10 heteroatoms. The van der Waals surface area contributed by atoms with Crippen LogP contribution in [0.25, 0.3) is 5.69 Å². The molecular weight excluding hydrogens is 522 g/mol. The molecule has 202 valence electrons. The number of aromatic nitrogens is 2. The van der Waals surface area contributed by atoms with Gasteiger partial charge in [0.15, 0.2) is 0 Å². The largest absolute Gasteiger partial charge is 0.467 e. The molecule has 0 radical (unpaired) electrons. The standard InChI is InChI=1S/C29H28F2N4O3S/c1-29(2,3)27-25-26(21-8-4-5-9-22(21)31)39-17-24(37)34(16-23(36)32-15-20-7-6-14-38-20)28(25)35(33-27)19-12-10-18(30)11-13-19/h4-14,26H,15-17H2,1-3H3,(H,32,36). The third-order valence-corrected chi connectivity index (χ3v) is 7.64. The first-order chi connectivity index (χ1) is 18.6. The third kappa shape index (κ3) is 5.47. The summed E-state index contributed by atoms with van der Waals surface area (Å²) in [7, 11) is 0. The monoisotopic (exact) mass is 550 g/mol. The van der Waals surface area contributed by atoms with Gasteiger partial charge in [-0.3, -0.25) is 14.5 Å². The van der Waals surface area contributed by atoms with Crippen molar-refractivity contribution >= 4 is 29.4 Å². The minimum absolute atomic E-state index is 0.0200. The number of halogens is 2. The van der Waals surface area contributed by atoms with Crippen molar-refractivity contribution in [1.29, 1.82) is 0 Å². The fraction of sp³-hybridized carbons (Fsp3) is 0.276. The molecule has 2 aromatic carbocycles. The normalized spacial score (nSPS) is 15.7. The van der Waals surface area contributed by atoms with Crippen LogP contribution >= 0.6 is 11.8 Å². The molecule has 0 spiro atoms. The van der Waals surface area contributed by atoms with Crippen molar-refractivity contribution in [1.82, 2.24) is 15.1 Å². The van der Waals surface area contributed by atoms with Crippen molar-refractivity contribution < 1.29 is 22.8 Å². The van der Waals surface area contributed by atoms with E-state index in [9.17, 15) is 14.0 Å². The van der Waals surface area contributed by atoms with Crippen LogP contribution in [0.2, 0.25) is 0 Å². The van der Waals surface area contributed by atoms with Crippen LogP contribution in [0.15, 0.2) is 71.3 Å². The van der Waals surface area contributed by atoms with E-state index in [1.54, 1.807) is 47.1 Å². The molecule has 1 N–H and O–H groups in total. The number of carbonyl (C=O) groups is 2. The predicted molar refractivity (Wildman–Crippen MR) is 146 cm³/mol. The van der Waals surface area contributed by atoms with Crippen LogP contribution in [0, 0.1) is 11.6 Å². The summed E-state index contributed by atoms with van der Waals surface area (Å²) in [6, 6.07) is 15.7. The van der Waals surface area contributed by atoms with Gasteiger partial charge < -0.3 is 9.73 Å². The summed E-state index contributed by atoms with van der Waals surface area (Å²) in [5.74, 6) is -0.575. The SMILES string of the molecule is CC(C)(C)c1nn(-c2ccc(F)cc2)c2c1C(c1ccccc1F)SCC(=O)N2CC(=O)NCc1ccco1. The van der Waals surface area contributed by atoms with Crippen LogP contribution in [0.1, 0.15) is 48.6 Å². The number of anilines is 1. The quantitative estimate of drug-likeness (QED) is 0.342. The van der Waals surface area contributed by atoms with Crippen LogP contribution in [0.3, 0.4) is 0 Å². The highest BCUT2D eigenvalue weighted by atomic mass is 32.2. The van der Waals surface area contributed by atoms with Gasteiger partial charge in [-0.15, -0.1) is 11.8 Å². The molecule has 0 fully saturated rings. The number of carbonyl (C=O) groups excluding carboxylic acids is 2. The molecule has 5 rings (SSSR count). The van der Waals surface area contributed by atoms with Crippen molar-refractivity contribution in [2.24, 2.45) is 0 Å². The maximum Gasteiger partial charge on any atom is 0.240 e. The first-order valence-corrected chi connectivity index (χ1v) is 13.5. The van der Waals surface area contributed by atoms with Gasteiger partial charge in [-0.25, -0.2) is 13.5 Å². The Morgan fingerprint density at radius 2 is 1.85 bits per heavy atom. The molecular formula is C29H28F2N4O3S. The number of amides is 2. The lowest BCUT2D eigenvalue weighted by Gasteiger charge is -2.24. The van der Waals surface area contributed by atoms with Gasteiger partial charge in [-0.05, 0) is 42.5 Å². The van der Waals surface area contributed by atoms with Gasteiger partial charge in [0.25, 0.3) is 0 Å². The molecule has 7 nitrogen and oxygen atoms in total. The first kappa shape index (κ1) is 26.7. The summed E-state index contributed by atoms with van der Waals surface area (Å²) in [6.07, 6.45) is 1.52. The molecule has 2 amide bonds. The zero-order valence-corrected chi connectivity index (χ0v) is 22.6. The fourth-order valence-electron chi connectivity index (χ4n) is 4.57. The second-order valence-corrected chi connectivity index (χ2v) is 11.4. The van der Waals surface area contributed by atoms with Gasteiger partial charge in [0.2, 0.25) is 11.8 Å². The van der Waals surface area contributed by atoms with Crippen LogP contribution in [0.5, 0.6) is 0 Å². The number of furan rings is 1. The summed E-state index contributed by atoms with van der Waals surface area (Å²) in [4.78, 5) is 28.1. The fourth-order valence-corrected chi connectivity index (χ4v) is 5.79. The second-order valence-electron chi connectivity index (χ2n) is 10.3. The average Bonchev–Trinajstić information content (AvgIpc) is 3.53. The molecule has 1 atom stereocenters. The van der Waals surface area contributed by atoms with Gasteiger partial charge in [0.05, 0.1) is 35.2 Å². The Balaban J connectivity index is 1.68. The highest BCUT2D eigenvalue weighted by molar-refractivity contribution is 8.00. The van der Waals surface area contributed by atoms with E-state index in [2.05, 4.69) is 5.32 Å². The lowest BCUT2D eigenvalue weighted by atomic mass is 9.87. The Hall–Kier alpha value is -3.92. The Bertz CT molecular complexity index is 1490. The Morgan fingerprint density at radius 3 is 2.51 bits per heavy atom. The highest BCUT2D eigenvalue weighted by Gasteiger charge is 2.40. The summed E-state index contributed by atoms with van der Waals surface area (Å²) in [6.45, 7) is 5.84. The molecule has 4 aromatic rings. The van der Waals surface area contributed by atoms with Crippen LogP contribution in [-0.4, -0.2) is 33.9 Å². The van der Waals surface area contributed by atoms with Crippen LogP contribution < -0.4 is 10.2 Å². The third-order valence-electron chi connectivity index (χ3n) is 6.40. The van der Waals surface area contributed by atoms with Gasteiger partial charge in [-0.1, -0.05) is 39.0 Å². The van der Waals surface area contributed by atoms with E-state index in [1.165, 1.54) is 41.1 Å². The minimum Gasteiger partial charge on any atom is -0.467 e. The van der Waals surface area contributed by atoms with Crippen molar-refractivity contribution in [3.63, 3.8) is 0 Å². The van der Waals surface area contributed by atoms with Gasteiger partial charge in [-0.2, -0.15) is 5.10 Å². The molecule has 0 saturated heterocycles. The Morgan fingerprint density at radius 1 is 1.10 bits per heavy atom. The molecule has 1 unspecified atom stereocenters. The molecule has 0 bridgehead atoms. The van der Waals surface area contributed by atoms with E-state index in [1.807, 2.05) is 20.8 Å². The van der Waals surface area contributed by atoms with E-state index < -0.39 is 28.2 Å². The van der Waals surface area contributed by atoms with E-state index in [0.717, 1.165) is 0 Å². The number of thioether (sulfide) groups is 1. The average molecular weight is 551 g/mol. The number of benzene rings is 2. The number of fused-ring (bicyclic) bond motifs is 1. The number of rotatable bonds is 6. The summed E-state index contributed by atoms with van der Waals surface area (Å²) >= 11 is 1.29. The molecule has 2 aromatic heterocycles. The summed E-state index contributed by atoms with van der Waals surface area (Å²) in [5, 5.41) is 7.13. The smallest absolute Gasteiger partial charge is 0.240 e. The maximum atomic E-state index is 15.2. The second kappa shape index (κ2) is 10.7. The lowest BCUT2D eigenvalue weighted by Crippen LogP contribution is -2.42. The van der Waals surface area contributed by atoms with Gasteiger partial charge in [0.1, 0.15) is 29.8 Å². The van der Waals surface area contributed by atoms with E-state index >= 15 is 4.39 Å². The number of nitrogens with zero attached hydrogens (tertiary/aromatic N) is 3. The number of hydrogen-bond acceptors (Lipinski definition) is 5. The summed E-state index contributed by atoms with van der Waals surface area (Å²) < 4.78 is 35.9. The minimum atomic E-state index is -0.565.